The van der Waals surface area contributed by atoms with Gasteiger partial charge in [0.05, 0.1) is 18.8 Å². The van der Waals surface area contributed by atoms with Crippen LogP contribution in [0, 0.1) is 12.8 Å². The third kappa shape index (κ3) is 3.62. The first kappa shape index (κ1) is 13.2. The lowest BCUT2D eigenvalue weighted by atomic mass is 10.0. The molecule has 2 unspecified atom stereocenters. The summed E-state index contributed by atoms with van der Waals surface area (Å²) in [5.74, 6) is 0.532. The highest BCUT2D eigenvalue weighted by Crippen LogP contribution is 2.16. The standard InChI is InChI=1S/C14H23NO/c1-10(2)12(4)16-9-14(15)13-8-6-5-7-11(13)3/h5-8,10,12,14H,9,15H2,1-4H3. The molecule has 1 rings (SSSR count). The van der Waals surface area contributed by atoms with Gasteiger partial charge in [0.25, 0.3) is 0 Å². The van der Waals surface area contributed by atoms with Gasteiger partial charge in [-0.1, -0.05) is 38.1 Å². The first-order valence-corrected chi connectivity index (χ1v) is 5.95. The van der Waals surface area contributed by atoms with E-state index < -0.39 is 0 Å². The smallest absolute Gasteiger partial charge is 0.0663 e. The largest absolute Gasteiger partial charge is 0.376 e. The number of hydrogen-bond acceptors (Lipinski definition) is 2. The average molecular weight is 221 g/mol. The lowest BCUT2D eigenvalue weighted by molar-refractivity contribution is 0.0271. The van der Waals surface area contributed by atoms with Crippen molar-refractivity contribution in [3.05, 3.63) is 35.4 Å². The number of aryl methyl sites for hydroxylation is 1. The molecule has 0 spiro atoms. The van der Waals surface area contributed by atoms with Gasteiger partial charge in [-0.25, -0.2) is 0 Å². The predicted molar refractivity (Wildman–Crippen MR) is 68.4 cm³/mol. The summed E-state index contributed by atoms with van der Waals surface area (Å²) >= 11 is 0. The summed E-state index contributed by atoms with van der Waals surface area (Å²) in [6, 6.07) is 8.18. The van der Waals surface area contributed by atoms with Crippen LogP contribution in [0.4, 0.5) is 0 Å². The maximum absolute atomic E-state index is 6.12. The van der Waals surface area contributed by atoms with E-state index in [2.05, 4.69) is 39.8 Å². The van der Waals surface area contributed by atoms with Crippen LogP contribution in [0.25, 0.3) is 0 Å². The molecular formula is C14H23NO. The first-order chi connectivity index (χ1) is 7.52. The molecule has 1 aromatic carbocycles. The molecule has 0 aliphatic heterocycles. The Morgan fingerprint density at radius 3 is 2.38 bits per heavy atom. The summed E-state index contributed by atoms with van der Waals surface area (Å²) in [4.78, 5) is 0. The fraction of sp³-hybridized carbons (Fsp3) is 0.571. The monoisotopic (exact) mass is 221 g/mol. The second-order valence-electron chi connectivity index (χ2n) is 4.75. The first-order valence-electron chi connectivity index (χ1n) is 5.95. The maximum Gasteiger partial charge on any atom is 0.0663 e. The fourth-order valence-corrected chi connectivity index (χ4v) is 1.54. The fourth-order valence-electron chi connectivity index (χ4n) is 1.54. The molecule has 0 aliphatic rings. The Bertz CT molecular complexity index is 322. The minimum Gasteiger partial charge on any atom is -0.376 e. The van der Waals surface area contributed by atoms with Crippen LogP contribution >= 0.6 is 0 Å². The van der Waals surface area contributed by atoms with Crippen LogP contribution in [-0.2, 0) is 4.74 Å². The highest BCUT2D eigenvalue weighted by molar-refractivity contribution is 5.28. The van der Waals surface area contributed by atoms with E-state index in [1.165, 1.54) is 11.1 Å². The molecule has 0 heterocycles. The number of hydrogen-bond donors (Lipinski definition) is 1. The van der Waals surface area contributed by atoms with Crippen molar-refractivity contribution in [3.63, 3.8) is 0 Å². The van der Waals surface area contributed by atoms with Crippen molar-refractivity contribution in [2.24, 2.45) is 11.7 Å². The van der Waals surface area contributed by atoms with Gasteiger partial charge in [0.2, 0.25) is 0 Å². The zero-order valence-electron chi connectivity index (χ0n) is 10.7. The van der Waals surface area contributed by atoms with Crippen LogP contribution in [-0.4, -0.2) is 12.7 Å². The third-order valence-corrected chi connectivity index (χ3v) is 3.07. The van der Waals surface area contributed by atoms with Crippen LogP contribution in [0.2, 0.25) is 0 Å². The van der Waals surface area contributed by atoms with Crippen LogP contribution in [0.3, 0.4) is 0 Å². The quantitative estimate of drug-likeness (QED) is 0.829. The molecule has 1 aromatic rings. The van der Waals surface area contributed by atoms with Crippen molar-refractivity contribution in [1.29, 1.82) is 0 Å². The summed E-state index contributed by atoms with van der Waals surface area (Å²) < 4.78 is 5.75. The molecule has 0 fully saturated rings. The molecule has 0 saturated carbocycles. The predicted octanol–water partition coefficient (Wildman–Crippen LogP) is 3.06. The molecular weight excluding hydrogens is 198 g/mol. The topological polar surface area (TPSA) is 35.2 Å². The maximum atomic E-state index is 6.12. The second kappa shape index (κ2) is 6.02. The van der Waals surface area contributed by atoms with E-state index in [-0.39, 0.29) is 12.1 Å². The Morgan fingerprint density at radius 2 is 1.81 bits per heavy atom. The molecule has 2 atom stereocenters. The van der Waals surface area contributed by atoms with Gasteiger partial charge in [0.1, 0.15) is 0 Å². The van der Waals surface area contributed by atoms with Gasteiger partial charge in [-0.05, 0) is 30.9 Å². The molecule has 0 radical (unpaired) electrons. The normalized spacial score (nSPS) is 15.1. The van der Waals surface area contributed by atoms with Crippen molar-refractivity contribution in [2.45, 2.75) is 39.8 Å². The Hall–Kier alpha value is -0.860. The van der Waals surface area contributed by atoms with Gasteiger partial charge >= 0.3 is 0 Å². The Morgan fingerprint density at radius 1 is 1.19 bits per heavy atom. The van der Waals surface area contributed by atoms with Crippen molar-refractivity contribution in [2.75, 3.05) is 6.61 Å². The molecule has 90 valence electrons. The minimum absolute atomic E-state index is 0.0256. The van der Waals surface area contributed by atoms with Crippen molar-refractivity contribution in [3.8, 4) is 0 Å². The SMILES string of the molecule is Cc1ccccc1C(N)COC(C)C(C)C. The lowest BCUT2D eigenvalue weighted by Crippen LogP contribution is -2.24. The van der Waals surface area contributed by atoms with Gasteiger partial charge in [0.15, 0.2) is 0 Å². The van der Waals surface area contributed by atoms with Crippen LogP contribution in [0.1, 0.15) is 37.9 Å². The highest BCUT2D eigenvalue weighted by Gasteiger charge is 2.12. The molecule has 0 aliphatic carbocycles. The van der Waals surface area contributed by atoms with Crippen LogP contribution < -0.4 is 5.73 Å². The molecule has 0 aromatic heterocycles. The zero-order chi connectivity index (χ0) is 12.1. The Balaban J connectivity index is 2.53. The van der Waals surface area contributed by atoms with E-state index in [0.29, 0.717) is 12.5 Å². The number of ether oxygens (including phenoxy) is 1. The summed E-state index contributed by atoms with van der Waals surface area (Å²) in [5.41, 5.74) is 8.53. The molecule has 0 amide bonds. The van der Waals surface area contributed by atoms with Gasteiger partial charge in [-0.15, -0.1) is 0 Å². The third-order valence-electron chi connectivity index (χ3n) is 3.07. The van der Waals surface area contributed by atoms with E-state index in [1.54, 1.807) is 0 Å². The molecule has 0 bridgehead atoms. The van der Waals surface area contributed by atoms with Gasteiger partial charge < -0.3 is 10.5 Å². The van der Waals surface area contributed by atoms with E-state index in [0.717, 1.165) is 0 Å². The van der Waals surface area contributed by atoms with Gasteiger partial charge in [-0.3, -0.25) is 0 Å². The number of nitrogens with two attached hydrogens (primary N) is 1. The molecule has 16 heavy (non-hydrogen) atoms. The summed E-state index contributed by atoms with van der Waals surface area (Å²) in [7, 11) is 0. The highest BCUT2D eigenvalue weighted by atomic mass is 16.5. The van der Waals surface area contributed by atoms with E-state index in [9.17, 15) is 0 Å². The number of rotatable bonds is 5. The number of benzene rings is 1. The van der Waals surface area contributed by atoms with Crippen molar-refractivity contribution >= 4 is 0 Å². The zero-order valence-corrected chi connectivity index (χ0v) is 10.7. The Kier molecular flexibility index (Phi) is 4.97. The van der Waals surface area contributed by atoms with Crippen molar-refractivity contribution in [1.82, 2.24) is 0 Å². The second-order valence-corrected chi connectivity index (χ2v) is 4.75. The molecule has 2 heteroatoms. The summed E-state index contributed by atoms with van der Waals surface area (Å²) in [6.07, 6.45) is 0.259. The van der Waals surface area contributed by atoms with E-state index in [4.69, 9.17) is 10.5 Å². The Labute approximate surface area is 98.8 Å². The van der Waals surface area contributed by atoms with Gasteiger partial charge in [0, 0.05) is 0 Å². The van der Waals surface area contributed by atoms with E-state index in [1.807, 2.05) is 12.1 Å². The average Bonchev–Trinajstić information content (AvgIpc) is 2.25. The summed E-state index contributed by atoms with van der Waals surface area (Å²) in [5, 5.41) is 0. The van der Waals surface area contributed by atoms with Crippen LogP contribution in [0.15, 0.2) is 24.3 Å². The lowest BCUT2D eigenvalue weighted by Gasteiger charge is -2.20. The molecule has 0 saturated heterocycles. The van der Waals surface area contributed by atoms with Gasteiger partial charge in [-0.2, -0.15) is 0 Å². The van der Waals surface area contributed by atoms with Crippen molar-refractivity contribution < 1.29 is 4.74 Å². The van der Waals surface area contributed by atoms with Crippen LogP contribution in [0.5, 0.6) is 0 Å². The summed E-state index contributed by atoms with van der Waals surface area (Å²) in [6.45, 7) is 9.08. The molecule has 2 nitrogen and oxygen atoms in total. The molecule has 2 N–H and O–H groups in total. The van der Waals surface area contributed by atoms with E-state index >= 15 is 0 Å². The minimum atomic E-state index is -0.0256.